The van der Waals surface area contributed by atoms with Gasteiger partial charge in [0.1, 0.15) is 0 Å². The second kappa shape index (κ2) is 3.96. The molecule has 0 atom stereocenters. The van der Waals surface area contributed by atoms with Gasteiger partial charge >= 0.3 is 0 Å². The van der Waals surface area contributed by atoms with Crippen LogP contribution in [0.4, 0.5) is 0 Å². The molecular weight excluding hydrogens is 138 g/mol. The van der Waals surface area contributed by atoms with E-state index in [4.69, 9.17) is 0 Å². The first-order valence-corrected chi connectivity index (χ1v) is 3.89. The summed E-state index contributed by atoms with van der Waals surface area (Å²) >= 11 is 0. The zero-order valence-electron chi connectivity index (χ0n) is 6.76. The maximum Gasteiger partial charge on any atom is 0.217 e. The van der Waals surface area contributed by atoms with E-state index in [1.165, 1.54) is 12.5 Å². The van der Waals surface area contributed by atoms with Gasteiger partial charge in [-0.25, -0.2) is 0 Å². The van der Waals surface area contributed by atoms with Crippen LogP contribution < -0.4 is 5.32 Å². The van der Waals surface area contributed by atoms with Gasteiger partial charge in [0.15, 0.2) is 0 Å². The van der Waals surface area contributed by atoms with Crippen molar-refractivity contribution in [3.05, 3.63) is 23.8 Å². The highest BCUT2D eigenvalue weighted by atomic mass is 16.1. The molecule has 0 saturated heterocycles. The van der Waals surface area contributed by atoms with Crippen molar-refractivity contribution in [2.45, 2.75) is 19.8 Å². The SMILES string of the molecule is CC(=O)NCC1=CCCC=C1. The normalized spacial score (nSPS) is 15.9. The molecular formula is C9H13NO. The zero-order chi connectivity index (χ0) is 8.10. The van der Waals surface area contributed by atoms with E-state index in [1.54, 1.807) is 0 Å². The van der Waals surface area contributed by atoms with Gasteiger partial charge in [0, 0.05) is 13.5 Å². The Bertz CT molecular complexity index is 204. The molecule has 1 aliphatic rings. The molecule has 1 rings (SSSR count). The highest BCUT2D eigenvalue weighted by Crippen LogP contribution is 2.07. The molecule has 0 aromatic heterocycles. The molecule has 0 spiro atoms. The van der Waals surface area contributed by atoms with Gasteiger partial charge in [-0.15, -0.1) is 0 Å². The fraction of sp³-hybridized carbons (Fsp3) is 0.444. The summed E-state index contributed by atoms with van der Waals surface area (Å²) in [6.07, 6.45) is 8.60. The summed E-state index contributed by atoms with van der Waals surface area (Å²) in [5.74, 6) is 0.0323. The minimum Gasteiger partial charge on any atom is -0.352 e. The monoisotopic (exact) mass is 151 g/mol. The van der Waals surface area contributed by atoms with Crippen molar-refractivity contribution >= 4 is 5.91 Å². The number of nitrogens with one attached hydrogen (secondary N) is 1. The molecule has 0 fully saturated rings. The van der Waals surface area contributed by atoms with Crippen molar-refractivity contribution in [1.82, 2.24) is 5.32 Å². The standard InChI is InChI=1S/C9H13NO/c1-8(11)10-7-9-5-3-2-4-6-9/h3,5-6H,2,4,7H2,1H3,(H,10,11). The quantitative estimate of drug-likeness (QED) is 0.635. The van der Waals surface area contributed by atoms with E-state index in [-0.39, 0.29) is 5.91 Å². The van der Waals surface area contributed by atoms with Gasteiger partial charge in [-0.2, -0.15) is 0 Å². The van der Waals surface area contributed by atoms with Gasteiger partial charge in [0.05, 0.1) is 0 Å². The fourth-order valence-electron chi connectivity index (χ4n) is 1.03. The molecule has 0 unspecified atom stereocenters. The number of hydrogen-bond acceptors (Lipinski definition) is 1. The number of allylic oxidation sites excluding steroid dienone is 2. The Morgan fingerprint density at radius 3 is 3.00 bits per heavy atom. The summed E-state index contributed by atoms with van der Waals surface area (Å²) < 4.78 is 0. The maximum atomic E-state index is 10.5. The molecule has 1 N–H and O–H groups in total. The first-order chi connectivity index (χ1) is 5.29. The molecule has 2 heteroatoms. The van der Waals surface area contributed by atoms with Crippen LogP contribution in [0.15, 0.2) is 23.8 Å². The molecule has 2 nitrogen and oxygen atoms in total. The van der Waals surface area contributed by atoms with E-state index < -0.39 is 0 Å². The second-order valence-corrected chi connectivity index (χ2v) is 2.67. The lowest BCUT2D eigenvalue weighted by Crippen LogP contribution is -2.22. The summed E-state index contributed by atoms with van der Waals surface area (Å²) in [5, 5.41) is 2.76. The van der Waals surface area contributed by atoms with Gasteiger partial charge in [-0.05, 0) is 18.4 Å². The van der Waals surface area contributed by atoms with Gasteiger partial charge in [-0.1, -0.05) is 18.2 Å². The predicted molar refractivity (Wildman–Crippen MR) is 45.1 cm³/mol. The molecule has 0 radical (unpaired) electrons. The number of rotatable bonds is 2. The van der Waals surface area contributed by atoms with Crippen LogP contribution in [0.2, 0.25) is 0 Å². The maximum absolute atomic E-state index is 10.5. The van der Waals surface area contributed by atoms with E-state index in [0.29, 0.717) is 6.54 Å². The lowest BCUT2D eigenvalue weighted by molar-refractivity contribution is -0.118. The summed E-state index contributed by atoms with van der Waals surface area (Å²) in [6, 6.07) is 0. The highest BCUT2D eigenvalue weighted by Gasteiger charge is 1.97. The number of carbonyl (C=O) groups is 1. The fourth-order valence-corrected chi connectivity index (χ4v) is 1.03. The Labute approximate surface area is 67.0 Å². The molecule has 0 aromatic carbocycles. The van der Waals surface area contributed by atoms with Crippen molar-refractivity contribution in [2.75, 3.05) is 6.54 Å². The third-order valence-corrected chi connectivity index (χ3v) is 1.61. The number of carbonyl (C=O) groups excluding carboxylic acids is 1. The van der Waals surface area contributed by atoms with Crippen LogP contribution in [0.1, 0.15) is 19.8 Å². The summed E-state index contributed by atoms with van der Waals surface area (Å²) in [5.41, 5.74) is 1.21. The van der Waals surface area contributed by atoms with Gasteiger partial charge < -0.3 is 5.32 Å². The smallest absolute Gasteiger partial charge is 0.217 e. The van der Waals surface area contributed by atoms with Crippen LogP contribution in [0, 0.1) is 0 Å². The predicted octanol–water partition coefficient (Wildman–Crippen LogP) is 1.40. The largest absolute Gasteiger partial charge is 0.352 e. The molecule has 0 heterocycles. The Hall–Kier alpha value is -1.05. The number of hydrogen-bond donors (Lipinski definition) is 1. The van der Waals surface area contributed by atoms with Crippen LogP contribution in [0.3, 0.4) is 0 Å². The van der Waals surface area contributed by atoms with Crippen molar-refractivity contribution in [2.24, 2.45) is 0 Å². The summed E-state index contributed by atoms with van der Waals surface area (Å²) in [6.45, 7) is 2.21. The second-order valence-electron chi connectivity index (χ2n) is 2.67. The number of amides is 1. The van der Waals surface area contributed by atoms with E-state index in [9.17, 15) is 4.79 Å². The van der Waals surface area contributed by atoms with Gasteiger partial charge in [-0.3, -0.25) is 4.79 Å². The average Bonchev–Trinajstić information content (AvgIpc) is 2.03. The lowest BCUT2D eigenvalue weighted by atomic mass is 10.1. The molecule has 0 aliphatic heterocycles. The Morgan fingerprint density at radius 1 is 1.64 bits per heavy atom. The summed E-state index contributed by atoms with van der Waals surface area (Å²) in [7, 11) is 0. The molecule has 1 aliphatic carbocycles. The zero-order valence-corrected chi connectivity index (χ0v) is 6.76. The van der Waals surface area contributed by atoms with Crippen molar-refractivity contribution in [3.8, 4) is 0 Å². The molecule has 0 bridgehead atoms. The molecule has 0 saturated carbocycles. The molecule has 0 aromatic rings. The minimum atomic E-state index is 0.0323. The van der Waals surface area contributed by atoms with Crippen LogP contribution >= 0.6 is 0 Å². The first-order valence-electron chi connectivity index (χ1n) is 3.89. The van der Waals surface area contributed by atoms with Crippen molar-refractivity contribution in [1.29, 1.82) is 0 Å². The molecule has 11 heavy (non-hydrogen) atoms. The van der Waals surface area contributed by atoms with Crippen LogP contribution in [-0.4, -0.2) is 12.5 Å². The van der Waals surface area contributed by atoms with Crippen molar-refractivity contribution < 1.29 is 4.79 Å². The van der Waals surface area contributed by atoms with Gasteiger partial charge in [0.2, 0.25) is 5.91 Å². The van der Waals surface area contributed by atoms with Crippen LogP contribution in [0.25, 0.3) is 0 Å². The van der Waals surface area contributed by atoms with E-state index >= 15 is 0 Å². The van der Waals surface area contributed by atoms with Crippen molar-refractivity contribution in [3.63, 3.8) is 0 Å². The third kappa shape index (κ3) is 3.03. The van der Waals surface area contributed by atoms with E-state index in [2.05, 4.69) is 23.5 Å². The van der Waals surface area contributed by atoms with Crippen LogP contribution in [0.5, 0.6) is 0 Å². The van der Waals surface area contributed by atoms with Gasteiger partial charge in [0.25, 0.3) is 0 Å². The average molecular weight is 151 g/mol. The molecule has 1 amide bonds. The first kappa shape index (κ1) is 8.05. The van der Waals surface area contributed by atoms with E-state index in [0.717, 1.165) is 12.8 Å². The third-order valence-electron chi connectivity index (χ3n) is 1.61. The Morgan fingerprint density at radius 2 is 2.45 bits per heavy atom. The Balaban J connectivity index is 2.31. The minimum absolute atomic E-state index is 0.0323. The topological polar surface area (TPSA) is 29.1 Å². The van der Waals surface area contributed by atoms with E-state index in [1.807, 2.05) is 0 Å². The highest BCUT2D eigenvalue weighted by molar-refractivity contribution is 5.73. The summed E-state index contributed by atoms with van der Waals surface area (Å²) in [4.78, 5) is 10.5. The van der Waals surface area contributed by atoms with Crippen LogP contribution in [-0.2, 0) is 4.79 Å². The Kier molecular flexibility index (Phi) is 2.90. The molecule has 60 valence electrons. The lowest BCUT2D eigenvalue weighted by Gasteiger charge is -2.06.